The highest BCUT2D eigenvalue weighted by Crippen LogP contribution is 2.15. The Kier molecular flexibility index (Phi) is 5.81. The summed E-state index contributed by atoms with van der Waals surface area (Å²) in [5.74, 6) is 0.677. The highest BCUT2D eigenvalue weighted by molar-refractivity contribution is 6.30. The molecule has 0 radical (unpaired) electrons. The van der Waals surface area contributed by atoms with Crippen LogP contribution >= 0.6 is 11.6 Å². The molecule has 1 aromatic heterocycles. The summed E-state index contributed by atoms with van der Waals surface area (Å²) in [5, 5.41) is 0.636. The van der Waals surface area contributed by atoms with Gasteiger partial charge in [-0.1, -0.05) is 35.4 Å². The zero-order valence-electron chi connectivity index (χ0n) is 15.3. The van der Waals surface area contributed by atoms with Gasteiger partial charge >= 0.3 is 5.69 Å². The van der Waals surface area contributed by atoms with E-state index in [0.29, 0.717) is 23.9 Å². The fraction of sp³-hybridized carbons (Fsp3) is 0.238. The normalized spacial score (nSPS) is 10.8. The number of hydrogen-bond donors (Lipinski definition) is 0. The SMILES string of the molecule is Cc1ccc(C)c(Cn2c(=O)ccn(CCOc3ccc(Cl)cc3)c2=O)c1. The van der Waals surface area contributed by atoms with Crippen molar-refractivity contribution in [2.24, 2.45) is 0 Å². The Morgan fingerprint density at radius 3 is 2.48 bits per heavy atom. The average Bonchev–Trinajstić information content (AvgIpc) is 2.65. The standard InChI is InChI=1S/C21H21ClN2O3/c1-15-3-4-16(2)17(13-15)14-24-20(25)9-10-23(21(24)26)11-12-27-19-7-5-18(22)6-8-19/h3-10,13H,11-12,14H2,1-2H3. The minimum Gasteiger partial charge on any atom is -0.492 e. The molecule has 1 heterocycles. The zero-order valence-corrected chi connectivity index (χ0v) is 16.1. The van der Waals surface area contributed by atoms with E-state index in [0.717, 1.165) is 16.7 Å². The molecule has 0 atom stereocenters. The highest BCUT2D eigenvalue weighted by Gasteiger charge is 2.08. The van der Waals surface area contributed by atoms with Crippen molar-refractivity contribution in [2.45, 2.75) is 26.9 Å². The summed E-state index contributed by atoms with van der Waals surface area (Å²) >= 11 is 5.85. The smallest absolute Gasteiger partial charge is 0.331 e. The molecule has 0 saturated heterocycles. The number of rotatable bonds is 6. The fourth-order valence-corrected chi connectivity index (χ4v) is 2.93. The van der Waals surface area contributed by atoms with Gasteiger partial charge in [0.2, 0.25) is 0 Å². The lowest BCUT2D eigenvalue weighted by atomic mass is 10.1. The average molecular weight is 385 g/mol. The molecule has 0 N–H and O–H groups in total. The van der Waals surface area contributed by atoms with Gasteiger partial charge in [0, 0.05) is 17.3 Å². The molecule has 0 amide bonds. The highest BCUT2D eigenvalue weighted by atomic mass is 35.5. The minimum atomic E-state index is -0.344. The van der Waals surface area contributed by atoms with Gasteiger partial charge in [-0.05, 0) is 49.2 Å². The van der Waals surface area contributed by atoms with Crippen molar-refractivity contribution in [1.29, 1.82) is 0 Å². The third-order valence-electron chi connectivity index (χ3n) is 4.39. The van der Waals surface area contributed by atoms with E-state index in [1.807, 2.05) is 32.0 Å². The van der Waals surface area contributed by atoms with E-state index in [2.05, 4.69) is 0 Å². The summed E-state index contributed by atoms with van der Waals surface area (Å²) in [4.78, 5) is 25.0. The summed E-state index contributed by atoms with van der Waals surface area (Å²) in [6.45, 7) is 4.87. The summed E-state index contributed by atoms with van der Waals surface area (Å²) in [7, 11) is 0. The second-order valence-corrected chi connectivity index (χ2v) is 6.88. The molecule has 0 fully saturated rings. The lowest BCUT2D eigenvalue weighted by molar-refractivity contribution is 0.293. The van der Waals surface area contributed by atoms with Crippen LogP contribution in [0, 0.1) is 13.8 Å². The molecule has 0 aliphatic heterocycles. The number of aryl methyl sites for hydroxylation is 2. The molecule has 0 aliphatic rings. The predicted molar refractivity (Wildman–Crippen MR) is 107 cm³/mol. The van der Waals surface area contributed by atoms with Gasteiger partial charge in [-0.15, -0.1) is 0 Å². The van der Waals surface area contributed by atoms with Crippen LogP contribution in [0.1, 0.15) is 16.7 Å². The van der Waals surface area contributed by atoms with E-state index in [1.165, 1.54) is 21.4 Å². The number of benzene rings is 2. The first kappa shape index (κ1) is 19.0. The third kappa shape index (κ3) is 4.68. The first-order chi connectivity index (χ1) is 12.9. The molecule has 2 aromatic carbocycles. The van der Waals surface area contributed by atoms with Crippen molar-refractivity contribution < 1.29 is 4.74 Å². The van der Waals surface area contributed by atoms with Crippen LogP contribution in [0.15, 0.2) is 64.3 Å². The molecule has 5 nitrogen and oxygen atoms in total. The maximum atomic E-state index is 12.7. The Hall–Kier alpha value is -2.79. The summed E-state index contributed by atoms with van der Waals surface area (Å²) in [6.07, 6.45) is 1.51. The maximum absolute atomic E-state index is 12.7. The Labute approximate surface area is 162 Å². The van der Waals surface area contributed by atoms with Crippen molar-refractivity contribution in [3.05, 3.63) is 97.3 Å². The molecule has 0 spiro atoms. The van der Waals surface area contributed by atoms with Gasteiger partial charge in [0.1, 0.15) is 12.4 Å². The Morgan fingerprint density at radius 2 is 1.74 bits per heavy atom. The van der Waals surface area contributed by atoms with Crippen molar-refractivity contribution in [3.63, 3.8) is 0 Å². The molecule has 0 bridgehead atoms. The van der Waals surface area contributed by atoms with Crippen LogP contribution in [-0.2, 0) is 13.1 Å². The molecule has 0 saturated carbocycles. The van der Waals surface area contributed by atoms with Gasteiger partial charge in [0.25, 0.3) is 5.56 Å². The number of ether oxygens (including phenoxy) is 1. The number of hydrogen-bond acceptors (Lipinski definition) is 3. The monoisotopic (exact) mass is 384 g/mol. The van der Waals surface area contributed by atoms with Crippen molar-refractivity contribution in [2.75, 3.05) is 6.61 Å². The fourth-order valence-electron chi connectivity index (χ4n) is 2.81. The second kappa shape index (κ2) is 8.27. The summed E-state index contributed by atoms with van der Waals surface area (Å²) in [5.41, 5.74) is 2.45. The molecule has 0 aliphatic carbocycles. The van der Waals surface area contributed by atoms with Gasteiger partial charge in [-0.2, -0.15) is 0 Å². The Balaban J connectivity index is 1.77. The van der Waals surface area contributed by atoms with E-state index >= 15 is 0 Å². The second-order valence-electron chi connectivity index (χ2n) is 6.45. The quantitative estimate of drug-likeness (QED) is 0.654. The molecule has 27 heavy (non-hydrogen) atoms. The van der Waals surface area contributed by atoms with Gasteiger partial charge < -0.3 is 4.74 Å². The van der Waals surface area contributed by atoms with E-state index in [9.17, 15) is 9.59 Å². The van der Waals surface area contributed by atoms with Gasteiger partial charge in [0.05, 0.1) is 13.1 Å². The van der Waals surface area contributed by atoms with Crippen LogP contribution in [0.3, 0.4) is 0 Å². The van der Waals surface area contributed by atoms with Crippen molar-refractivity contribution >= 4 is 11.6 Å². The van der Waals surface area contributed by atoms with Crippen molar-refractivity contribution in [1.82, 2.24) is 9.13 Å². The first-order valence-electron chi connectivity index (χ1n) is 8.69. The first-order valence-corrected chi connectivity index (χ1v) is 9.06. The zero-order chi connectivity index (χ0) is 19.4. The predicted octanol–water partition coefficient (Wildman–Crippen LogP) is 3.41. The van der Waals surface area contributed by atoms with E-state index in [4.69, 9.17) is 16.3 Å². The van der Waals surface area contributed by atoms with E-state index < -0.39 is 0 Å². The van der Waals surface area contributed by atoms with Crippen LogP contribution in [0.2, 0.25) is 5.02 Å². The topological polar surface area (TPSA) is 53.2 Å². The molecular formula is C21H21ClN2O3. The largest absolute Gasteiger partial charge is 0.492 e. The van der Waals surface area contributed by atoms with Crippen LogP contribution < -0.4 is 16.0 Å². The minimum absolute atomic E-state index is 0.254. The van der Waals surface area contributed by atoms with Gasteiger partial charge in [-0.3, -0.25) is 13.9 Å². The van der Waals surface area contributed by atoms with E-state index in [-0.39, 0.29) is 17.8 Å². The summed E-state index contributed by atoms with van der Waals surface area (Å²) < 4.78 is 8.38. The lowest BCUT2D eigenvalue weighted by Gasteiger charge is -2.12. The molecule has 140 valence electrons. The van der Waals surface area contributed by atoms with E-state index in [1.54, 1.807) is 24.3 Å². The molecule has 3 rings (SSSR count). The molecular weight excluding hydrogens is 364 g/mol. The number of nitrogens with zero attached hydrogens (tertiary/aromatic N) is 2. The third-order valence-corrected chi connectivity index (χ3v) is 4.64. The Bertz CT molecular complexity index is 1050. The number of halogens is 1. The van der Waals surface area contributed by atoms with Gasteiger partial charge in [0.15, 0.2) is 0 Å². The van der Waals surface area contributed by atoms with Gasteiger partial charge in [-0.25, -0.2) is 4.79 Å². The maximum Gasteiger partial charge on any atom is 0.331 e. The lowest BCUT2D eigenvalue weighted by Crippen LogP contribution is -2.40. The number of aromatic nitrogens is 2. The Morgan fingerprint density at radius 1 is 1.00 bits per heavy atom. The van der Waals surface area contributed by atoms with Crippen LogP contribution in [0.5, 0.6) is 5.75 Å². The van der Waals surface area contributed by atoms with Crippen LogP contribution in [0.4, 0.5) is 0 Å². The summed E-state index contributed by atoms with van der Waals surface area (Å²) in [6, 6.07) is 14.5. The van der Waals surface area contributed by atoms with Crippen LogP contribution in [-0.4, -0.2) is 15.7 Å². The molecule has 3 aromatic rings. The van der Waals surface area contributed by atoms with Crippen molar-refractivity contribution in [3.8, 4) is 5.75 Å². The molecule has 0 unspecified atom stereocenters. The molecule has 6 heteroatoms. The van der Waals surface area contributed by atoms with Crippen LogP contribution in [0.25, 0.3) is 0 Å².